The second-order valence-electron chi connectivity index (χ2n) is 6.29. The number of ether oxygens (including phenoxy) is 2. The van der Waals surface area contributed by atoms with E-state index in [0.717, 1.165) is 11.1 Å². The lowest BCUT2D eigenvalue weighted by Crippen LogP contribution is -2.26. The zero-order valence-electron chi connectivity index (χ0n) is 15.9. The number of carbonyl (C=O) groups is 1. The Balaban J connectivity index is 1.82. The van der Waals surface area contributed by atoms with Gasteiger partial charge in [0.15, 0.2) is 16.6 Å². The lowest BCUT2D eigenvalue weighted by Gasteiger charge is -2.14. The minimum absolute atomic E-state index is 0.151. The van der Waals surface area contributed by atoms with E-state index < -0.39 is 0 Å². The largest absolute Gasteiger partial charge is 0.490 e. The Hall–Kier alpha value is -2.93. The molecule has 0 aromatic heterocycles. The number of hydrogen-bond acceptors (Lipinski definition) is 4. The van der Waals surface area contributed by atoms with Crippen LogP contribution in [0.25, 0.3) is 6.08 Å². The van der Waals surface area contributed by atoms with E-state index in [9.17, 15) is 9.18 Å². The van der Waals surface area contributed by atoms with Crippen molar-refractivity contribution in [3.63, 3.8) is 0 Å². The molecule has 0 aliphatic carbocycles. The van der Waals surface area contributed by atoms with Crippen molar-refractivity contribution in [1.29, 1.82) is 0 Å². The molecule has 7 heteroatoms. The van der Waals surface area contributed by atoms with Gasteiger partial charge in [0.2, 0.25) is 0 Å². The first-order valence-electron chi connectivity index (χ1n) is 8.82. The normalized spacial score (nSPS) is 15.5. The first-order valence-corrected chi connectivity index (χ1v) is 9.23. The van der Waals surface area contributed by atoms with Crippen LogP contribution in [-0.2, 0) is 11.4 Å². The second-order valence-corrected chi connectivity index (χ2v) is 6.65. The molecule has 146 valence electrons. The van der Waals surface area contributed by atoms with Gasteiger partial charge in [0.1, 0.15) is 18.1 Å². The maximum Gasteiger partial charge on any atom is 0.276 e. The maximum absolute atomic E-state index is 13.0. The van der Waals surface area contributed by atoms with Crippen molar-refractivity contribution in [2.24, 2.45) is 0 Å². The lowest BCUT2D eigenvalue weighted by molar-refractivity contribution is -0.121. The third-order valence-electron chi connectivity index (χ3n) is 4.34. The topological polar surface area (TPSA) is 42.0 Å². The van der Waals surface area contributed by atoms with Crippen molar-refractivity contribution in [2.75, 3.05) is 20.7 Å². The Bertz CT molecular complexity index is 928. The number of benzene rings is 2. The van der Waals surface area contributed by atoms with Gasteiger partial charge in [-0.15, -0.1) is 0 Å². The molecule has 3 rings (SSSR count). The highest BCUT2D eigenvalue weighted by Gasteiger charge is 2.32. The van der Waals surface area contributed by atoms with Gasteiger partial charge in [-0.05, 0) is 60.6 Å². The highest BCUT2D eigenvalue weighted by atomic mass is 32.1. The minimum Gasteiger partial charge on any atom is -0.490 e. The van der Waals surface area contributed by atoms with Crippen molar-refractivity contribution in [2.45, 2.75) is 13.5 Å². The highest BCUT2D eigenvalue weighted by Crippen LogP contribution is 2.31. The van der Waals surface area contributed by atoms with Crippen LogP contribution in [-0.4, -0.2) is 41.5 Å². The van der Waals surface area contributed by atoms with E-state index in [0.29, 0.717) is 35.5 Å². The molecule has 1 amide bonds. The summed E-state index contributed by atoms with van der Waals surface area (Å²) in [4.78, 5) is 15.5. The summed E-state index contributed by atoms with van der Waals surface area (Å²) in [5.41, 5.74) is 2.14. The van der Waals surface area contributed by atoms with Gasteiger partial charge in [-0.25, -0.2) is 4.39 Å². The maximum atomic E-state index is 13.0. The number of likely N-dealkylation sites (N-methyl/N-ethyl adjacent to an activating group) is 2. The fraction of sp³-hybridized carbons (Fsp3) is 0.238. The van der Waals surface area contributed by atoms with E-state index in [-0.39, 0.29) is 11.7 Å². The molecule has 5 nitrogen and oxygen atoms in total. The first kappa shape index (κ1) is 19.8. The fourth-order valence-corrected chi connectivity index (χ4v) is 2.97. The van der Waals surface area contributed by atoms with Gasteiger partial charge in [-0.2, -0.15) is 0 Å². The standard InChI is InChI=1S/C21H21FN2O3S/c1-4-26-19-12-15(11-17-20(25)24(3)21(28)23(17)2)7-10-18(19)27-13-14-5-8-16(22)9-6-14/h5-12H,4,13H2,1-3H3/b17-11-. The van der Waals surface area contributed by atoms with Crippen LogP contribution in [0.4, 0.5) is 4.39 Å². The fourth-order valence-electron chi connectivity index (χ4n) is 2.79. The Morgan fingerprint density at radius 2 is 1.75 bits per heavy atom. The quantitative estimate of drug-likeness (QED) is 0.545. The van der Waals surface area contributed by atoms with E-state index in [1.54, 1.807) is 43.3 Å². The van der Waals surface area contributed by atoms with Crippen LogP contribution in [0.2, 0.25) is 0 Å². The number of halogens is 1. The molecular weight excluding hydrogens is 379 g/mol. The summed E-state index contributed by atoms with van der Waals surface area (Å²) in [5.74, 6) is 0.713. The van der Waals surface area contributed by atoms with Crippen molar-refractivity contribution < 1.29 is 18.7 Å². The highest BCUT2D eigenvalue weighted by molar-refractivity contribution is 7.80. The molecule has 1 aliphatic heterocycles. The van der Waals surface area contributed by atoms with E-state index in [2.05, 4.69) is 0 Å². The molecule has 1 fully saturated rings. The van der Waals surface area contributed by atoms with Gasteiger partial charge in [-0.3, -0.25) is 9.69 Å². The zero-order chi connectivity index (χ0) is 20.3. The molecule has 0 bridgehead atoms. The molecule has 1 heterocycles. The third kappa shape index (κ3) is 4.14. The van der Waals surface area contributed by atoms with Crippen LogP contribution in [0.3, 0.4) is 0 Å². The summed E-state index contributed by atoms with van der Waals surface area (Å²) < 4.78 is 24.6. The molecule has 0 radical (unpaired) electrons. The Labute approximate surface area is 169 Å². The van der Waals surface area contributed by atoms with Gasteiger partial charge in [-0.1, -0.05) is 18.2 Å². The molecule has 2 aromatic rings. The van der Waals surface area contributed by atoms with E-state index in [4.69, 9.17) is 21.7 Å². The number of hydrogen-bond donors (Lipinski definition) is 0. The molecular formula is C21H21FN2O3S. The number of thiocarbonyl (C=S) groups is 1. The molecule has 0 saturated carbocycles. The molecule has 0 spiro atoms. The smallest absolute Gasteiger partial charge is 0.276 e. The second kappa shape index (κ2) is 8.39. The summed E-state index contributed by atoms with van der Waals surface area (Å²) in [7, 11) is 3.42. The zero-order valence-corrected chi connectivity index (χ0v) is 16.8. The SMILES string of the molecule is CCOc1cc(/C=C2/C(=O)N(C)C(=S)N2C)ccc1OCc1ccc(F)cc1. The van der Waals surface area contributed by atoms with Crippen molar-refractivity contribution in [3.8, 4) is 11.5 Å². The summed E-state index contributed by atoms with van der Waals surface area (Å²) in [6, 6.07) is 11.6. The van der Waals surface area contributed by atoms with Crippen LogP contribution >= 0.6 is 12.2 Å². The monoisotopic (exact) mass is 400 g/mol. The first-order chi connectivity index (χ1) is 13.4. The van der Waals surface area contributed by atoms with Crippen LogP contribution < -0.4 is 9.47 Å². The van der Waals surface area contributed by atoms with E-state index >= 15 is 0 Å². The molecule has 0 N–H and O–H groups in total. The predicted octanol–water partition coefficient (Wildman–Crippen LogP) is 3.83. The van der Waals surface area contributed by atoms with Gasteiger partial charge in [0.25, 0.3) is 5.91 Å². The number of carbonyl (C=O) groups excluding carboxylic acids is 1. The van der Waals surface area contributed by atoms with Crippen LogP contribution in [0.1, 0.15) is 18.1 Å². The van der Waals surface area contributed by atoms with Crippen LogP contribution in [0.15, 0.2) is 48.2 Å². The van der Waals surface area contributed by atoms with Crippen molar-refractivity contribution in [1.82, 2.24) is 9.80 Å². The van der Waals surface area contributed by atoms with Crippen molar-refractivity contribution >= 4 is 29.3 Å². The van der Waals surface area contributed by atoms with Gasteiger partial charge >= 0.3 is 0 Å². The van der Waals surface area contributed by atoms with E-state index in [1.807, 2.05) is 19.1 Å². The van der Waals surface area contributed by atoms with E-state index in [1.165, 1.54) is 17.0 Å². The minimum atomic E-state index is -0.285. The number of rotatable bonds is 6. The Morgan fingerprint density at radius 3 is 2.36 bits per heavy atom. The molecule has 0 unspecified atom stereocenters. The number of amides is 1. The summed E-state index contributed by atoms with van der Waals surface area (Å²) in [6.07, 6.45) is 1.77. The summed E-state index contributed by atoms with van der Waals surface area (Å²) >= 11 is 5.23. The van der Waals surface area contributed by atoms with Crippen LogP contribution in [0, 0.1) is 5.82 Å². The summed E-state index contributed by atoms with van der Waals surface area (Å²) in [5, 5.41) is 0.459. The van der Waals surface area contributed by atoms with Crippen LogP contribution in [0.5, 0.6) is 11.5 Å². The predicted molar refractivity (Wildman–Crippen MR) is 109 cm³/mol. The average Bonchev–Trinajstić information content (AvgIpc) is 2.87. The number of nitrogens with zero attached hydrogens (tertiary/aromatic N) is 2. The Morgan fingerprint density at radius 1 is 1.04 bits per heavy atom. The summed E-state index contributed by atoms with van der Waals surface area (Å²) in [6.45, 7) is 2.65. The molecule has 2 aromatic carbocycles. The average molecular weight is 400 g/mol. The third-order valence-corrected chi connectivity index (χ3v) is 4.89. The van der Waals surface area contributed by atoms with Gasteiger partial charge in [0.05, 0.1) is 6.61 Å². The lowest BCUT2D eigenvalue weighted by atomic mass is 10.1. The van der Waals surface area contributed by atoms with Gasteiger partial charge < -0.3 is 14.4 Å². The molecule has 28 heavy (non-hydrogen) atoms. The molecule has 1 saturated heterocycles. The van der Waals surface area contributed by atoms with Gasteiger partial charge in [0, 0.05) is 14.1 Å². The molecule has 0 atom stereocenters. The van der Waals surface area contributed by atoms with Crippen molar-refractivity contribution in [3.05, 3.63) is 65.1 Å². The molecule has 1 aliphatic rings. The Kier molecular flexibility index (Phi) is 5.94.